The van der Waals surface area contributed by atoms with Gasteiger partial charge in [0.2, 0.25) is 0 Å². The summed E-state index contributed by atoms with van der Waals surface area (Å²) < 4.78 is 2.12. The molecule has 0 unspecified atom stereocenters. The van der Waals surface area contributed by atoms with Gasteiger partial charge >= 0.3 is 0 Å². The monoisotopic (exact) mass is 434 g/mol. The fourth-order valence-corrected chi connectivity index (χ4v) is 5.21. The molecule has 4 aromatic rings. The highest BCUT2D eigenvalue weighted by atomic mass is 15.2. The van der Waals surface area contributed by atoms with Crippen molar-refractivity contribution >= 4 is 10.8 Å². The van der Waals surface area contributed by atoms with Gasteiger partial charge in [0.15, 0.2) is 0 Å². The van der Waals surface area contributed by atoms with E-state index in [0.717, 1.165) is 29.8 Å². The van der Waals surface area contributed by atoms with E-state index in [1.54, 1.807) is 0 Å². The van der Waals surface area contributed by atoms with Gasteiger partial charge in [-0.2, -0.15) is 5.26 Å². The van der Waals surface area contributed by atoms with E-state index >= 15 is 0 Å². The smallest absolute Gasteiger partial charge is 0.0998 e. The minimum Gasteiger partial charge on any atom is -0.337 e. The van der Waals surface area contributed by atoms with Crippen LogP contribution in [0.1, 0.15) is 48.9 Å². The average molecular weight is 435 g/mol. The molecule has 1 saturated carbocycles. The number of benzene rings is 3. The molecular weight excluding hydrogens is 404 g/mol. The van der Waals surface area contributed by atoms with Gasteiger partial charge in [0, 0.05) is 37.9 Å². The summed E-state index contributed by atoms with van der Waals surface area (Å²) in [4.78, 5) is 6.95. The number of imidazole rings is 1. The second-order valence-corrected chi connectivity index (χ2v) is 9.21. The average Bonchev–Trinajstić information content (AvgIpc) is 3.28. The first-order valence-electron chi connectivity index (χ1n) is 11.9. The first kappa shape index (κ1) is 21.4. The number of hydrogen-bond acceptors (Lipinski definition) is 3. The van der Waals surface area contributed by atoms with Gasteiger partial charge in [-0.05, 0) is 46.9 Å². The molecule has 0 spiro atoms. The predicted octanol–water partition coefficient (Wildman–Crippen LogP) is 6.45. The van der Waals surface area contributed by atoms with Crippen molar-refractivity contribution in [1.82, 2.24) is 14.5 Å². The summed E-state index contributed by atoms with van der Waals surface area (Å²) in [5.74, 6) is 0. The van der Waals surface area contributed by atoms with E-state index in [4.69, 9.17) is 0 Å². The first-order valence-corrected chi connectivity index (χ1v) is 11.9. The van der Waals surface area contributed by atoms with Crippen molar-refractivity contribution in [3.8, 4) is 17.2 Å². The summed E-state index contributed by atoms with van der Waals surface area (Å²) in [6.45, 7) is 1.77. The fraction of sp³-hybridized carbons (Fsp3) is 0.310. The summed E-state index contributed by atoms with van der Waals surface area (Å²) in [6, 6.07) is 24.1. The Hall–Kier alpha value is -3.42. The second-order valence-electron chi connectivity index (χ2n) is 9.21. The number of hydrogen-bond donors (Lipinski definition) is 0. The lowest BCUT2D eigenvalue weighted by Crippen LogP contribution is -2.36. The molecule has 0 radical (unpaired) electrons. The molecule has 0 bridgehead atoms. The molecule has 0 amide bonds. The van der Waals surface area contributed by atoms with Gasteiger partial charge in [-0.3, -0.25) is 4.90 Å². The van der Waals surface area contributed by atoms with Crippen LogP contribution in [0.25, 0.3) is 21.9 Å². The third-order valence-electron chi connectivity index (χ3n) is 7.04. The van der Waals surface area contributed by atoms with Crippen molar-refractivity contribution in [2.45, 2.75) is 51.2 Å². The minimum atomic E-state index is 0.588. The summed E-state index contributed by atoms with van der Waals surface area (Å²) >= 11 is 0. The molecule has 1 aliphatic rings. The lowest BCUT2D eigenvalue weighted by Gasteiger charge is -2.34. The van der Waals surface area contributed by atoms with Gasteiger partial charge in [0.05, 0.1) is 23.7 Å². The molecule has 4 heteroatoms. The number of aromatic nitrogens is 2. The van der Waals surface area contributed by atoms with Crippen molar-refractivity contribution < 1.29 is 0 Å². The van der Waals surface area contributed by atoms with Crippen LogP contribution in [0.2, 0.25) is 0 Å². The largest absolute Gasteiger partial charge is 0.337 e. The number of nitriles is 1. The quantitative estimate of drug-likeness (QED) is 0.350. The SMILES string of the molecule is Cn1cncc1CN(Cc1ccc(C#N)c(-c2cccc3ccccc23)c1)C1CCCCC1. The van der Waals surface area contributed by atoms with E-state index in [-0.39, 0.29) is 0 Å². The van der Waals surface area contributed by atoms with Crippen LogP contribution in [0, 0.1) is 11.3 Å². The van der Waals surface area contributed by atoms with Gasteiger partial charge in [-0.1, -0.05) is 67.8 Å². The molecule has 33 heavy (non-hydrogen) atoms. The van der Waals surface area contributed by atoms with Gasteiger partial charge in [0.25, 0.3) is 0 Å². The van der Waals surface area contributed by atoms with Crippen LogP contribution >= 0.6 is 0 Å². The zero-order valence-electron chi connectivity index (χ0n) is 19.2. The number of rotatable bonds is 6. The highest BCUT2D eigenvalue weighted by Gasteiger charge is 2.23. The maximum absolute atomic E-state index is 9.86. The Balaban J connectivity index is 1.51. The summed E-state index contributed by atoms with van der Waals surface area (Å²) in [7, 11) is 2.07. The summed E-state index contributed by atoms with van der Waals surface area (Å²) in [5.41, 5.74) is 5.37. The Labute approximate surface area is 196 Å². The number of nitrogens with zero attached hydrogens (tertiary/aromatic N) is 4. The number of aryl methyl sites for hydroxylation is 1. The summed E-state index contributed by atoms with van der Waals surface area (Å²) in [6.07, 6.45) is 10.3. The van der Waals surface area contributed by atoms with Crippen LogP contribution in [0.5, 0.6) is 0 Å². The van der Waals surface area contributed by atoms with Gasteiger partial charge in [-0.25, -0.2) is 4.98 Å². The van der Waals surface area contributed by atoms with Crippen molar-refractivity contribution in [1.29, 1.82) is 5.26 Å². The van der Waals surface area contributed by atoms with E-state index in [2.05, 4.69) is 82.2 Å². The van der Waals surface area contributed by atoms with Crippen LogP contribution in [-0.4, -0.2) is 20.5 Å². The first-order chi connectivity index (χ1) is 16.2. The zero-order valence-corrected chi connectivity index (χ0v) is 19.2. The zero-order chi connectivity index (χ0) is 22.6. The third-order valence-corrected chi connectivity index (χ3v) is 7.04. The molecule has 1 aromatic heterocycles. The van der Waals surface area contributed by atoms with E-state index in [9.17, 15) is 5.26 Å². The Morgan fingerprint density at radius 1 is 0.970 bits per heavy atom. The van der Waals surface area contributed by atoms with Crippen LogP contribution in [0.15, 0.2) is 73.2 Å². The van der Waals surface area contributed by atoms with Crippen LogP contribution in [-0.2, 0) is 20.1 Å². The molecule has 0 atom stereocenters. The van der Waals surface area contributed by atoms with Crippen molar-refractivity contribution in [3.63, 3.8) is 0 Å². The normalized spacial score (nSPS) is 14.6. The van der Waals surface area contributed by atoms with Crippen molar-refractivity contribution in [3.05, 3.63) is 90.0 Å². The van der Waals surface area contributed by atoms with Gasteiger partial charge < -0.3 is 4.57 Å². The van der Waals surface area contributed by atoms with E-state index in [1.807, 2.05) is 18.6 Å². The van der Waals surface area contributed by atoms with Crippen molar-refractivity contribution in [2.24, 2.45) is 7.05 Å². The molecular formula is C29H30N4. The molecule has 166 valence electrons. The molecule has 5 rings (SSSR count). The fourth-order valence-electron chi connectivity index (χ4n) is 5.21. The molecule has 4 nitrogen and oxygen atoms in total. The van der Waals surface area contributed by atoms with Crippen LogP contribution in [0.3, 0.4) is 0 Å². The lowest BCUT2D eigenvalue weighted by atomic mass is 9.92. The molecule has 1 aliphatic carbocycles. The lowest BCUT2D eigenvalue weighted by molar-refractivity contribution is 0.137. The summed E-state index contributed by atoms with van der Waals surface area (Å²) in [5, 5.41) is 12.2. The molecule has 0 aliphatic heterocycles. The Kier molecular flexibility index (Phi) is 6.24. The Bertz CT molecular complexity index is 1290. The predicted molar refractivity (Wildman–Crippen MR) is 133 cm³/mol. The highest BCUT2D eigenvalue weighted by Crippen LogP contribution is 2.33. The van der Waals surface area contributed by atoms with Crippen LogP contribution < -0.4 is 0 Å². The third kappa shape index (κ3) is 4.55. The van der Waals surface area contributed by atoms with Gasteiger partial charge in [-0.15, -0.1) is 0 Å². The van der Waals surface area contributed by atoms with E-state index < -0.39 is 0 Å². The second kappa shape index (κ2) is 9.60. The van der Waals surface area contributed by atoms with Gasteiger partial charge in [0.1, 0.15) is 0 Å². The molecule has 1 heterocycles. The maximum Gasteiger partial charge on any atom is 0.0998 e. The van der Waals surface area contributed by atoms with Crippen LogP contribution in [0.4, 0.5) is 0 Å². The topological polar surface area (TPSA) is 44.9 Å². The standard InChI is InChI=1S/C29H30N4/c1-32-21-31-18-26(32)20-33(25-10-3-2-4-11-25)19-22-14-15-24(17-30)29(16-22)28-13-7-9-23-8-5-6-12-27(23)28/h5-9,12-16,18,21,25H,2-4,10-11,19-20H2,1H3. The number of fused-ring (bicyclic) bond motifs is 1. The molecule has 3 aromatic carbocycles. The Morgan fingerprint density at radius 2 is 1.79 bits per heavy atom. The molecule has 0 saturated heterocycles. The molecule has 1 fully saturated rings. The Morgan fingerprint density at radius 3 is 2.58 bits per heavy atom. The van der Waals surface area contributed by atoms with E-state index in [0.29, 0.717) is 6.04 Å². The molecule has 0 N–H and O–H groups in total. The maximum atomic E-state index is 9.86. The van der Waals surface area contributed by atoms with E-state index in [1.165, 1.54) is 54.1 Å². The minimum absolute atomic E-state index is 0.588. The van der Waals surface area contributed by atoms with Crippen molar-refractivity contribution in [2.75, 3.05) is 0 Å². The highest BCUT2D eigenvalue weighted by molar-refractivity contribution is 5.97.